The van der Waals surface area contributed by atoms with Gasteiger partial charge in [0.05, 0.1) is 12.7 Å². The van der Waals surface area contributed by atoms with Gasteiger partial charge in [-0.25, -0.2) is 4.67 Å². The van der Waals surface area contributed by atoms with Gasteiger partial charge in [0.25, 0.3) is 7.52 Å². The molecule has 0 bridgehead atoms. The molecule has 0 amide bonds. The van der Waals surface area contributed by atoms with Crippen LogP contribution in [0, 0.1) is 0 Å². The molecule has 0 aromatic rings. The van der Waals surface area contributed by atoms with Gasteiger partial charge < -0.3 is 9.26 Å². The van der Waals surface area contributed by atoms with E-state index in [0.29, 0.717) is 6.61 Å². The highest BCUT2D eigenvalue weighted by Crippen LogP contribution is 2.46. The van der Waals surface area contributed by atoms with Crippen LogP contribution in [0.25, 0.3) is 0 Å². The summed E-state index contributed by atoms with van der Waals surface area (Å²) < 4.78 is 23.7. The summed E-state index contributed by atoms with van der Waals surface area (Å²) in [6.07, 6.45) is -0.174. The molecule has 0 N–H and O–H groups in total. The minimum absolute atomic E-state index is 0.174. The van der Waals surface area contributed by atoms with E-state index in [9.17, 15) is 9.36 Å². The number of carbonyl (C=O) groups is 1. The Kier molecular flexibility index (Phi) is 6.23. The summed E-state index contributed by atoms with van der Waals surface area (Å²) in [5.74, 6) is -0.390. The van der Waals surface area contributed by atoms with E-state index in [1.54, 1.807) is 34.7 Å². The maximum Gasteiger partial charge on any atom is 0.323 e. The number of rotatable bonds is 6. The van der Waals surface area contributed by atoms with Crippen molar-refractivity contribution in [1.82, 2.24) is 4.67 Å². The van der Waals surface area contributed by atoms with E-state index < -0.39 is 13.6 Å². The van der Waals surface area contributed by atoms with Gasteiger partial charge in [-0.05, 0) is 34.7 Å². The first kappa shape index (κ1) is 15.6. The fraction of sp³-hybridized carbons (Fsp3) is 0.900. The highest BCUT2D eigenvalue weighted by molar-refractivity contribution is 7.55. The first-order chi connectivity index (χ1) is 7.22. The number of hydrogen-bond acceptors (Lipinski definition) is 4. The molecule has 2 unspecified atom stereocenters. The van der Waals surface area contributed by atoms with Crippen molar-refractivity contribution in [2.45, 2.75) is 39.8 Å². The van der Waals surface area contributed by atoms with Crippen molar-refractivity contribution in [3.63, 3.8) is 0 Å². The first-order valence-corrected chi connectivity index (χ1v) is 7.40. The van der Waals surface area contributed by atoms with Crippen LogP contribution >= 0.6 is 7.52 Å². The standard InChI is InChI=1S/C10H22NO4P/c1-7-14-16(6,13)11(5)9(4)10(12)15-8(2)3/h8-9H,7H2,1-6H3. The molecule has 0 rings (SSSR count). The molecule has 0 aliphatic carbocycles. The Morgan fingerprint density at radius 3 is 2.25 bits per heavy atom. The third kappa shape index (κ3) is 4.64. The van der Waals surface area contributed by atoms with Crippen LogP contribution in [0.5, 0.6) is 0 Å². The average molecular weight is 251 g/mol. The van der Waals surface area contributed by atoms with E-state index in [2.05, 4.69) is 0 Å². The van der Waals surface area contributed by atoms with E-state index in [1.165, 1.54) is 11.3 Å². The fourth-order valence-electron chi connectivity index (χ4n) is 1.13. The first-order valence-electron chi connectivity index (χ1n) is 5.38. The number of esters is 1. The van der Waals surface area contributed by atoms with Crippen LogP contribution in [0.3, 0.4) is 0 Å². The van der Waals surface area contributed by atoms with Crippen molar-refractivity contribution in [3.8, 4) is 0 Å². The Balaban J connectivity index is 4.54. The zero-order valence-electron chi connectivity index (χ0n) is 10.9. The SMILES string of the molecule is CCOP(C)(=O)N(C)C(C)C(=O)OC(C)C. The van der Waals surface area contributed by atoms with Crippen LogP contribution in [-0.2, 0) is 18.6 Å². The Morgan fingerprint density at radius 2 is 1.88 bits per heavy atom. The third-order valence-corrected chi connectivity index (χ3v) is 4.42. The molecule has 0 saturated heterocycles. The van der Waals surface area contributed by atoms with Crippen molar-refractivity contribution in [2.75, 3.05) is 20.3 Å². The van der Waals surface area contributed by atoms with Crippen molar-refractivity contribution in [2.24, 2.45) is 0 Å². The van der Waals surface area contributed by atoms with Crippen LogP contribution in [0.15, 0.2) is 0 Å². The molecular weight excluding hydrogens is 229 g/mol. The second kappa shape index (κ2) is 6.38. The van der Waals surface area contributed by atoms with Gasteiger partial charge in [-0.15, -0.1) is 0 Å². The normalized spacial score (nSPS) is 17.2. The number of nitrogens with zero attached hydrogens (tertiary/aromatic N) is 1. The van der Waals surface area contributed by atoms with Crippen molar-refractivity contribution in [3.05, 3.63) is 0 Å². The zero-order chi connectivity index (χ0) is 12.9. The molecule has 0 aliphatic heterocycles. The molecule has 96 valence electrons. The molecule has 0 heterocycles. The van der Waals surface area contributed by atoms with E-state index in [1.807, 2.05) is 0 Å². The third-order valence-electron chi connectivity index (χ3n) is 2.20. The minimum atomic E-state index is -2.90. The summed E-state index contributed by atoms with van der Waals surface area (Å²) in [5, 5.41) is 0. The number of likely N-dealkylation sites (N-methyl/N-ethyl adjacent to an activating group) is 1. The highest BCUT2D eigenvalue weighted by Gasteiger charge is 2.31. The van der Waals surface area contributed by atoms with E-state index in [0.717, 1.165) is 0 Å². The van der Waals surface area contributed by atoms with Gasteiger partial charge in [0, 0.05) is 6.66 Å². The summed E-state index contributed by atoms with van der Waals surface area (Å²) >= 11 is 0. The van der Waals surface area contributed by atoms with Crippen LogP contribution in [0.4, 0.5) is 0 Å². The van der Waals surface area contributed by atoms with Crippen molar-refractivity contribution in [1.29, 1.82) is 0 Å². The van der Waals surface area contributed by atoms with Gasteiger partial charge >= 0.3 is 5.97 Å². The average Bonchev–Trinajstić information content (AvgIpc) is 2.14. The number of ether oxygens (including phenoxy) is 1. The molecular formula is C10H22NO4P. The Hall–Kier alpha value is -0.380. The maximum atomic E-state index is 12.0. The van der Waals surface area contributed by atoms with Crippen LogP contribution < -0.4 is 0 Å². The van der Waals surface area contributed by atoms with Crippen molar-refractivity contribution >= 4 is 13.5 Å². The van der Waals surface area contributed by atoms with Gasteiger partial charge in [-0.3, -0.25) is 9.36 Å². The Bertz CT molecular complexity index is 280. The molecule has 0 spiro atoms. The molecule has 0 aromatic carbocycles. The van der Waals surface area contributed by atoms with E-state index >= 15 is 0 Å². The minimum Gasteiger partial charge on any atom is -0.462 e. The number of carbonyl (C=O) groups excluding carboxylic acids is 1. The van der Waals surface area contributed by atoms with Gasteiger partial charge in [0.2, 0.25) is 0 Å². The topological polar surface area (TPSA) is 55.8 Å². The lowest BCUT2D eigenvalue weighted by Gasteiger charge is -2.28. The zero-order valence-corrected chi connectivity index (χ0v) is 11.8. The lowest BCUT2D eigenvalue weighted by atomic mass is 10.3. The molecule has 0 saturated carbocycles. The van der Waals surface area contributed by atoms with Gasteiger partial charge in [-0.1, -0.05) is 0 Å². The Morgan fingerprint density at radius 1 is 1.38 bits per heavy atom. The Labute approximate surface area is 97.6 Å². The van der Waals surface area contributed by atoms with E-state index in [4.69, 9.17) is 9.26 Å². The largest absolute Gasteiger partial charge is 0.462 e. The second-order valence-electron chi connectivity index (χ2n) is 3.96. The maximum absolute atomic E-state index is 12.0. The summed E-state index contributed by atoms with van der Waals surface area (Å²) in [4.78, 5) is 11.6. The van der Waals surface area contributed by atoms with Crippen LogP contribution in [0.2, 0.25) is 0 Å². The van der Waals surface area contributed by atoms with E-state index in [-0.39, 0.29) is 12.1 Å². The molecule has 5 nitrogen and oxygen atoms in total. The second-order valence-corrected chi connectivity index (χ2v) is 6.45. The summed E-state index contributed by atoms with van der Waals surface area (Å²) in [6.45, 7) is 8.82. The van der Waals surface area contributed by atoms with Crippen molar-refractivity contribution < 1.29 is 18.6 Å². The summed E-state index contributed by atoms with van der Waals surface area (Å²) in [5.41, 5.74) is 0. The molecule has 6 heteroatoms. The molecule has 2 atom stereocenters. The predicted octanol–water partition coefficient (Wildman–Crippen LogP) is 2.12. The van der Waals surface area contributed by atoms with Crippen LogP contribution in [0.1, 0.15) is 27.7 Å². The van der Waals surface area contributed by atoms with Gasteiger partial charge in [-0.2, -0.15) is 0 Å². The molecule has 0 aliphatic rings. The van der Waals surface area contributed by atoms with Gasteiger partial charge in [0.15, 0.2) is 0 Å². The van der Waals surface area contributed by atoms with Gasteiger partial charge in [0.1, 0.15) is 6.04 Å². The molecule has 0 aromatic heterocycles. The van der Waals surface area contributed by atoms with Crippen LogP contribution in [-0.4, -0.2) is 43.1 Å². The number of hydrogen-bond donors (Lipinski definition) is 0. The predicted molar refractivity (Wildman–Crippen MR) is 63.6 cm³/mol. The molecule has 0 radical (unpaired) electrons. The monoisotopic (exact) mass is 251 g/mol. The highest BCUT2D eigenvalue weighted by atomic mass is 31.2. The lowest BCUT2D eigenvalue weighted by Crippen LogP contribution is -2.36. The molecule has 0 fully saturated rings. The lowest BCUT2D eigenvalue weighted by molar-refractivity contribution is -0.151. The quantitative estimate of drug-likeness (QED) is 0.534. The summed E-state index contributed by atoms with van der Waals surface area (Å²) in [6, 6.07) is -0.579. The molecule has 16 heavy (non-hydrogen) atoms. The fourth-order valence-corrected chi connectivity index (χ4v) is 2.51. The summed E-state index contributed by atoms with van der Waals surface area (Å²) in [7, 11) is -1.30. The smallest absolute Gasteiger partial charge is 0.323 e.